The zero-order valence-electron chi connectivity index (χ0n) is 12.8. The second-order valence-corrected chi connectivity index (χ2v) is 6.24. The number of carbonyl (C=O) groups excluding carboxylic acids is 1. The molecule has 0 aromatic carbocycles. The van der Waals surface area contributed by atoms with Crippen molar-refractivity contribution >= 4 is 11.6 Å². The summed E-state index contributed by atoms with van der Waals surface area (Å²) in [4.78, 5) is 18.9. The second-order valence-electron chi connectivity index (χ2n) is 6.24. The number of hydrogen-bond donors (Lipinski definition) is 0. The Bertz CT molecular complexity index is 715. The number of fused-ring (bicyclic) bond motifs is 1. The van der Waals surface area contributed by atoms with Crippen molar-refractivity contribution in [1.82, 2.24) is 14.8 Å². The summed E-state index contributed by atoms with van der Waals surface area (Å²) in [5.74, 6) is 0.0495. The molecule has 22 heavy (non-hydrogen) atoms. The van der Waals surface area contributed by atoms with Gasteiger partial charge in [0.25, 0.3) is 5.91 Å². The Hall–Kier alpha value is -2.17. The van der Waals surface area contributed by atoms with Gasteiger partial charge in [-0.15, -0.1) is 0 Å². The highest BCUT2D eigenvalue weighted by Gasteiger charge is 2.29. The maximum atomic E-state index is 12.9. The average molecular weight is 296 g/mol. The molecule has 0 unspecified atom stereocenters. The predicted octanol–water partition coefficient (Wildman–Crippen LogP) is 2.90. The molecule has 5 heteroatoms. The first-order chi connectivity index (χ1) is 10.8. The lowest BCUT2D eigenvalue weighted by atomic mass is 10.2. The monoisotopic (exact) mass is 296 g/mol. The van der Waals surface area contributed by atoms with Gasteiger partial charge in [-0.05, 0) is 37.8 Å². The van der Waals surface area contributed by atoms with E-state index in [1.807, 2.05) is 17.9 Å². The first-order valence-electron chi connectivity index (χ1n) is 8.04. The standard InChI is InChI=1S/C17H20N4O/c1-12-15(10-19-21(12)14-4-2-3-5-14)17(22)20-9-7-13-6-8-18-11-16(13)20/h6,8,10-11,14H,2-5,7,9H2,1H3. The van der Waals surface area contributed by atoms with Crippen molar-refractivity contribution in [2.75, 3.05) is 11.4 Å². The zero-order chi connectivity index (χ0) is 15.1. The number of amides is 1. The van der Waals surface area contributed by atoms with Crippen molar-refractivity contribution < 1.29 is 4.79 Å². The summed E-state index contributed by atoms with van der Waals surface area (Å²) >= 11 is 0. The van der Waals surface area contributed by atoms with E-state index in [1.165, 1.54) is 31.2 Å². The quantitative estimate of drug-likeness (QED) is 0.856. The number of anilines is 1. The summed E-state index contributed by atoms with van der Waals surface area (Å²) in [6.45, 7) is 2.74. The molecule has 0 spiro atoms. The Balaban J connectivity index is 1.64. The van der Waals surface area contributed by atoms with Gasteiger partial charge in [0.1, 0.15) is 0 Å². The Morgan fingerprint density at radius 3 is 2.91 bits per heavy atom. The van der Waals surface area contributed by atoms with Crippen LogP contribution in [0, 0.1) is 6.92 Å². The molecule has 1 saturated carbocycles. The fourth-order valence-electron chi connectivity index (χ4n) is 3.73. The molecule has 0 radical (unpaired) electrons. The van der Waals surface area contributed by atoms with Crippen LogP contribution in [0.5, 0.6) is 0 Å². The lowest BCUT2D eigenvalue weighted by Gasteiger charge is -2.17. The summed E-state index contributed by atoms with van der Waals surface area (Å²) in [6.07, 6.45) is 11.1. The molecule has 0 saturated heterocycles. The minimum absolute atomic E-state index is 0.0495. The van der Waals surface area contributed by atoms with Crippen LogP contribution in [0.1, 0.15) is 53.3 Å². The summed E-state index contributed by atoms with van der Waals surface area (Å²) in [5, 5.41) is 4.50. The van der Waals surface area contributed by atoms with E-state index in [9.17, 15) is 4.79 Å². The minimum atomic E-state index is 0.0495. The summed E-state index contributed by atoms with van der Waals surface area (Å²) in [5.41, 5.74) is 3.86. The second kappa shape index (κ2) is 5.23. The molecule has 4 rings (SSSR count). The molecule has 3 heterocycles. The Morgan fingerprint density at radius 2 is 2.09 bits per heavy atom. The first-order valence-corrected chi connectivity index (χ1v) is 8.04. The summed E-state index contributed by atoms with van der Waals surface area (Å²) in [6, 6.07) is 2.46. The molecule has 1 aliphatic carbocycles. The van der Waals surface area contributed by atoms with Gasteiger partial charge < -0.3 is 4.90 Å². The highest BCUT2D eigenvalue weighted by atomic mass is 16.2. The van der Waals surface area contributed by atoms with Crippen molar-refractivity contribution in [3.8, 4) is 0 Å². The van der Waals surface area contributed by atoms with Gasteiger partial charge in [0.2, 0.25) is 0 Å². The normalized spacial score (nSPS) is 18.0. The van der Waals surface area contributed by atoms with Gasteiger partial charge in [-0.25, -0.2) is 0 Å². The molecule has 2 aromatic rings. The number of aromatic nitrogens is 3. The number of carbonyl (C=O) groups is 1. The Labute approximate surface area is 130 Å². The average Bonchev–Trinajstić information content (AvgIpc) is 3.25. The Kier molecular flexibility index (Phi) is 3.21. The van der Waals surface area contributed by atoms with Gasteiger partial charge in [-0.1, -0.05) is 12.8 Å². The maximum Gasteiger partial charge on any atom is 0.261 e. The SMILES string of the molecule is Cc1c(C(=O)N2CCc3ccncc32)cnn1C1CCCC1. The van der Waals surface area contributed by atoms with Gasteiger partial charge in [-0.3, -0.25) is 14.5 Å². The van der Waals surface area contributed by atoms with Crippen LogP contribution in [-0.4, -0.2) is 27.2 Å². The third-order valence-corrected chi connectivity index (χ3v) is 4.97. The first kappa shape index (κ1) is 13.5. The summed E-state index contributed by atoms with van der Waals surface area (Å²) in [7, 11) is 0. The van der Waals surface area contributed by atoms with Gasteiger partial charge in [0, 0.05) is 18.4 Å². The lowest BCUT2D eigenvalue weighted by Crippen LogP contribution is -2.29. The maximum absolute atomic E-state index is 12.9. The summed E-state index contributed by atoms with van der Waals surface area (Å²) < 4.78 is 2.06. The lowest BCUT2D eigenvalue weighted by molar-refractivity contribution is 0.0988. The molecule has 1 amide bonds. The van der Waals surface area contributed by atoms with Gasteiger partial charge >= 0.3 is 0 Å². The number of nitrogens with zero attached hydrogens (tertiary/aromatic N) is 4. The molecule has 1 aliphatic heterocycles. The molecule has 0 N–H and O–H groups in total. The highest BCUT2D eigenvalue weighted by Crippen LogP contribution is 2.32. The van der Waals surface area contributed by atoms with E-state index in [4.69, 9.17) is 0 Å². The van der Waals surface area contributed by atoms with Crippen molar-refractivity contribution in [3.63, 3.8) is 0 Å². The van der Waals surface area contributed by atoms with Crippen LogP contribution in [0.2, 0.25) is 0 Å². The van der Waals surface area contributed by atoms with Crippen LogP contribution in [-0.2, 0) is 6.42 Å². The molecule has 2 aromatic heterocycles. The van der Waals surface area contributed by atoms with Gasteiger partial charge in [0.15, 0.2) is 0 Å². The van der Waals surface area contributed by atoms with Gasteiger partial charge in [0.05, 0.1) is 29.7 Å². The van der Waals surface area contributed by atoms with Crippen molar-refractivity contribution in [2.45, 2.75) is 45.1 Å². The van der Waals surface area contributed by atoms with E-state index < -0.39 is 0 Å². The molecular formula is C17H20N4O. The van der Waals surface area contributed by atoms with Crippen LogP contribution in [0.3, 0.4) is 0 Å². The van der Waals surface area contributed by atoms with E-state index >= 15 is 0 Å². The predicted molar refractivity (Wildman–Crippen MR) is 84.1 cm³/mol. The van der Waals surface area contributed by atoms with E-state index in [2.05, 4.69) is 14.8 Å². The van der Waals surface area contributed by atoms with Gasteiger partial charge in [-0.2, -0.15) is 5.10 Å². The van der Waals surface area contributed by atoms with Crippen molar-refractivity contribution in [1.29, 1.82) is 0 Å². The van der Waals surface area contributed by atoms with Crippen molar-refractivity contribution in [3.05, 3.63) is 41.5 Å². The van der Waals surface area contributed by atoms with Crippen LogP contribution >= 0.6 is 0 Å². The van der Waals surface area contributed by atoms with E-state index in [0.29, 0.717) is 6.04 Å². The molecule has 1 fully saturated rings. The number of hydrogen-bond acceptors (Lipinski definition) is 3. The number of rotatable bonds is 2. The smallest absolute Gasteiger partial charge is 0.261 e. The van der Waals surface area contributed by atoms with Crippen LogP contribution < -0.4 is 4.90 Å². The molecule has 5 nitrogen and oxygen atoms in total. The zero-order valence-corrected chi connectivity index (χ0v) is 12.8. The van der Waals surface area contributed by atoms with Crippen LogP contribution in [0.4, 0.5) is 5.69 Å². The van der Waals surface area contributed by atoms with Crippen LogP contribution in [0.25, 0.3) is 0 Å². The highest BCUT2D eigenvalue weighted by molar-refractivity contribution is 6.07. The topological polar surface area (TPSA) is 51.0 Å². The molecule has 0 bridgehead atoms. The molecule has 2 aliphatic rings. The fourth-order valence-corrected chi connectivity index (χ4v) is 3.73. The Morgan fingerprint density at radius 1 is 1.27 bits per heavy atom. The van der Waals surface area contributed by atoms with Crippen LogP contribution in [0.15, 0.2) is 24.7 Å². The largest absolute Gasteiger partial charge is 0.306 e. The van der Waals surface area contributed by atoms with E-state index in [0.717, 1.165) is 29.9 Å². The number of pyridine rings is 1. The van der Waals surface area contributed by atoms with E-state index in [1.54, 1.807) is 18.6 Å². The van der Waals surface area contributed by atoms with Crippen molar-refractivity contribution in [2.24, 2.45) is 0 Å². The third kappa shape index (κ3) is 2.03. The molecule has 114 valence electrons. The minimum Gasteiger partial charge on any atom is -0.306 e. The molecule has 0 atom stereocenters. The fraction of sp³-hybridized carbons (Fsp3) is 0.471. The third-order valence-electron chi connectivity index (χ3n) is 4.97. The van der Waals surface area contributed by atoms with E-state index in [-0.39, 0.29) is 5.91 Å². The molecular weight excluding hydrogens is 276 g/mol.